The molecule has 8 heteroatoms. The largest absolute Gasteiger partial charge is 1.00 e. The summed E-state index contributed by atoms with van der Waals surface area (Å²) in [4.78, 5) is 4.35. The van der Waals surface area contributed by atoms with E-state index in [1.807, 2.05) is 24.3 Å². The number of benzene rings is 1. The maximum Gasteiger partial charge on any atom is 1.00 e. The van der Waals surface area contributed by atoms with E-state index >= 15 is 0 Å². The number of fused-ring (bicyclic) bond motifs is 1. The van der Waals surface area contributed by atoms with E-state index in [0.29, 0.717) is 6.42 Å². The van der Waals surface area contributed by atoms with Gasteiger partial charge in [0, 0.05) is 6.42 Å². The molecule has 0 bridgehead atoms. The summed E-state index contributed by atoms with van der Waals surface area (Å²) < 4.78 is 31.9. The summed E-state index contributed by atoms with van der Waals surface area (Å²) >= 11 is 5.29. The minimum absolute atomic E-state index is 0. The molecule has 0 fully saturated rings. The molecule has 1 atom stereocenters. The Morgan fingerprint density at radius 3 is 2.67 bits per heavy atom. The second-order valence-electron chi connectivity index (χ2n) is 3.56. The monoisotopic (exact) mass is 311 g/mol. The van der Waals surface area contributed by atoms with Crippen LogP contribution in [0.2, 0.25) is 0 Å². The van der Waals surface area contributed by atoms with Crippen molar-refractivity contribution < 1.29 is 42.5 Å². The SMILES string of the molecule is O=S(=O)([O-])[C@H](S)CCc1nc2ccccc2s1.[Na+]. The molecular weight excluding hydrogens is 301 g/mol. The van der Waals surface area contributed by atoms with Crippen LogP contribution in [0.4, 0.5) is 0 Å². The molecular formula is C10H10NNaO3S3. The van der Waals surface area contributed by atoms with Gasteiger partial charge in [0.15, 0.2) is 0 Å². The zero-order valence-electron chi connectivity index (χ0n) is 9.74. The maximum atomic E-state index is 10.7. The normalized spacial score (nSPS) is 13.2. The van der Waals surface area contributed by atoms with Gasteiger partial charge in [0.1, 0.15) is 10.1 Å². The summed E-state index contributed by atoms with van der Waals surface area (Å²) in [5.41, 5.74) is 0.896. The van der Waals surface area contributed by atoms with Gasteiger partial charge in [-0.1, -0.05) is 12.1 Å². The van der Waals surface area contributed by atoms with Crippen LogP contribution in [0.25, 0.3) is 10.2 Å². The van der Waals surface area contributed by atoms with E-state index in [1.54, 1.807) is 0 Å². The number of nitrogens with zero attached hydrogens (tertiary/aromatic N) is 1. The smallest absolute Gasteiger partial charge is 0.747 e. The summed E-state index contributed by atoms with van der Waals surface area (Å²) in [6.45, 7) is 0. The fourth-order valence-electron chi connectivity index (χ4n) is 1.42. The van der Waals surface area contributed by atoms with Gasteiger partial charge in [0.2, 0.25) is 0 Å². The van der Waals surface area contributed by atoms with E-state index in [1.165, 1.54) is 11.3 Å². The Balaban J connectivity index is 0.00000162. The molecule has 0 spiro atoms. The van der Waals surface area contributed by atoms with E-state index in [0.717, 1.165) is 15.2 Å². The number of para-hydroxylation sites is 1. The first-order valence-electron chi connectivity index (χ1n) is 4.94. The van der Waals surface area contributed by atoms with Crippen molar-refractivity contribution in [2.45, 2.75) is 17.4 Å². The van der Waals surface area contributed by atoms with Crippen LogP contribution in [0.1, 0.15) is 11.4 Å². The van der Waals surface area contributed by atoms with Gasteiger partial charge >= 0.3 is 29.6 Å². The Hall–Kier alpha value is 0.370. The van der Waals surface area contributed by atoms with Crippen LogP contribution in [0.15, 0.2) is 24.3 Å². The Kier molecular flexibility index (Phi) is 6.11. The molecule has 0 amide bonds. The average molecular weight is 311 g/mol. The third-order valence-electron chi connectivity index (χ3n) is 2.28. The van der Waals surface area contributed by atoms with Gasteiger partial charge in [0.05, 0.1) is 19.8 Å². The first-order valence-corrected chi connectivity index (χ1v) is 7.74. The van der Waals surface area contributed by atoms with Crippen LogP contribution in [0.5, 0.6) is 0 Å². The molecule has 2 rings (SSSR count). The molecule has 1 aromatic carbocycles. The molecule has 0 radical (unpaired) electrons. The second kappa shape index (κ2) is 6.69. The van der Waals surface area contributed by atoms with Gasteiger partial charge in [-0.2, -0.15) is 12.6 Å². The molecule has 1 aromatic heterocycles. The first-order chi connectivity index (χ1) is 7.97. The summed E-state index contributed by atoms with van der Waals surface area (Å²) in [5.74, 6) is 0. The molecule has 2 aromatic rings. The minimum Gasteiger partial charge on any atom is -0.747 e. The van der Waals surface area contributed by atoms with E-state index < -0.39 is 14.7 Å². The predicted octanol–water partition coefficient (Wildman–Crippen LogP) is -0.966. The molecule has 0 aliphatic heterocycles. The molecule has 92 valence electrons. The van der Waals surface area contributed by atoms with Gasteiger partial charge in [-0.3, -0.25) is 0 Å². The van der Waals surface area contributed by atoms with Crippen LogP contribution >= 0.6 is 24.0 Å². The standard InChI is InChI=1S/C10H11NO3S3.Na/c12-17(13,14)10(15)6-5-9-11-7-3-1-2-4-8(7)16-9;/h1-4,10,15H,5-6H2,(H,12,13,14);/q;+1/p-1/t10-;/m0./s1. The number of aryl methyl sites for hydroxylation is 1. The van der Waals surface area contributed by atoms with Crippen molar-refractivity contribution in [3.8, 4) is 0 Å². The van der Waals surface area contributed by atoms with Gasteiger partial charge in [-0.25, -0.2) is 13.4 Å². The number of rotatable bonds is 4. The molecule has 0 saturated heterocycles. The predicted molar refractivity (Wildman–Crippen MR) is 70.4 cm³/mol. The van der Waals surface area contributed by atoms with E-state index in [9.17, 15) is 13.0 Å². The van der Waals surface area contributed by atoms with Crippen molar-refractivity contribution in [1.29, 1.82) is 0 Å². The molecule has 1 heterocycles. The van der Waals surface area contributed by atoms with Gasteiger partial charge in [-0.05, 0) is 18.6 Å². The third-order valence-corrected chi connectivity index (χ3v) is 5.31. The molecule has 0 aliphatic rings. The Labute approximate surface area is 137 Å². The van der Waals surface area contributed by atoms with Crippen molar-refractivity contribution in [1.82, 2.24) is 4.98 Å². The number of hydrogen-bond acceptors (Lipinski definition) is 6. The molecule has 4 nitrogen and oxygen atoms in total. The third kappa shape index (κ3) is 4.19. The molecule has 0 aliphatic carbocycles. The van der Waals surface area contributed by atoms with E-state index in [-0.39, 0.29) is 36.0 Å². The first kappa shape index (κ1) is 16.4. The topological polar surface area (TPSA) is 70.1 Å². The van der Waals surface area contributed by atoms with Crippen LogP contribution < -0.4 is 29.6 Å². The summed E-state index contributed by atoms with van der Waals surface area (Å²) in [6, 6.07) is 7.68. The zero-order chi connectivity index (χ0) is 12.5. The number of hydrogen-bond donors (Lipinski definition) is 1. The minimum atomic E-state index is -4.31. The Morgan fingerprint density at radius 1 is 1.39 bits per heavy atom. The van der Waals surface area contributed by atoms with Crippen molar-refractivity contribution in [3.05, 3.63) is 29.3 Å². The van der Waals surface area contributed by atoms with Gasteiger partial charge in [-0.15, -0.1) is 11.3 Å². The average Bonchev–Trinajstić information content (AvgIpc) is 2.66. The molecule has 0 N–H and O–H groups in total. The fourth-order valence-corrected chi connectivity index (χ4v) is 2.94. The van der Waals surface area contributed by atoms with Gasteiger partial charge < -0.3 is 4.55 Å². The van der Waals surface area contributed by atoms with Crippen molar-refractivity contribution in [2.75, 3.05) is 0 Å². The zero-order valence-corrected chi connectivity index (χ0v) is 14.3. The van der Waals surface area contributed by atoms with E-state index in [2.05, 4.69) is 17.6 Å². The van der Waals surface area contributed by atoms with Gasteiger partial charge in [0.25, 0.3) is 0 Å². The maximum absolute atomic E-state index is 10.7. The Bertz CT molecular complexity index is 593. The number of aromatic nitrogens is 1. The summed E-state index contributed by atoms with van der Waals surface area (Å²) in [5, 5.41) is 0.828. The van der Waals surface area contributed by atoms with Crippen LogP contribution in [0.3, 0.4) is 0 Å². The fraction of sp³-hybridized carbons (Fsp3) is 0.300. The van der Waals surface area contributed by atoms with Crippen LogP contribution in [0, 0.1) is 0 Å². The van der Waals surface area contributed by atoms with Crippen LogP contribution in [-0.4, -0.2) is 22.5 Å². The van der Waals surface area contributed by atoms with Crippen LogP contribution in [-0.2, 0) is 16.5 Å². The van der Waals surface area contributed by atoms with Crippen molar-refractivity contribution >= 4 is 44.3 Å². The van der Waals surface area contributed by atoms with Crippen molar-refractivity contribution in [3.63, 3.8) is 0 Å². The number of thiazole rings is 1. The molecule has 0 unspecified atom stereocenters. The summed E-state index contributed by atoms with van der Waals surface area (Å²) in [7, 11) is -4.31. The quantitative estimate of drug-likeness (QED) is 0.448. The molecule has 0 saturated carbocycles. The number of thiol groups is 1. The second-order valence-corrected chi connectivity index (χ2v) is 7.20. The molecule has 18 heavy (non-hydrogen) atoms. The summed E-state index contributed by atoms with van der Waals surface area (Å²) in [6.07, 6.45) is 0.643. The Morgan fingerprint density at radius 2 is 2.06 bits per heavy atom. The van der Waals surface area contributed by atoms with E-state index in [4.69, 9.17) is 0 Å². The van der Waals surface area contributed by atoms with Crippen molar-refractivity contribution in [2.24, 2.45) is 0 Å².